The molecule has 1 atom stereocenters. The number of aromatic amines is 1. The van der Waals surface area contributed by atoms with Gasteiger partial charge in [-0.2, -0.15) is 0 Å². The molecule has 0 radical (unpaired) electrons. The van der Waals surface area contributed by atoms with Crippen molar-refractivity contribution >= 4 is 34.5 Å². The van der Waals surface area contributed by atoms with Crippen LogP contribution in [0.5, 0.6) is 0 Å². The second-order valence-corrected chi connectivity index (χ2v) is 11.7. The molecular weight excluding hydrogens is 450 g/mol. The molecule has 7 heteroatoms. The first-order chi connectivity index (χ1) is 16.0. The van der Waals surface area contributed by atoms with Crippen LogP contribution in [0.2, 0.25) is 5.02 Å². The first kappa shape index (κ1) is 24.9. The predicted molar refractivity (Wildman–Crippen MR) is 136 cm³/mol. The van der Waals surface area contributed by atoms with Crippen molar-refractivity contribution in [3.8, 4) is 0 Å². The molecule has 2 N–H and O–H groups in total. The average molecular weight is 488 g/mol. The molecule has 1 unspecified atom stereocenters. The van der Waals surface area contributed by atoms with Gasteiger partial charge in [-0.15, -0.1) is 0 Å². The van der Waals surface area contributed by atoms with Crippen molar-refractivity contribution in [2.24, 2.45) is 17.8 Å². The largest absolute Gasteiger partial charge is 0.444 e. The molecular formula is C27H38ClN3O3. The molecule has 186 valence electrons. The normalized spacial score (nSPS) is 23.1. The number of hydrogen-bond donors (Lipinski definition) is 2. The minimum absolute atomic E-state index is 0.0500. The van der Waals surface area contributed by atoms with Gasteiger partial charge in [-0.25, -0.2) is 4.79 Å². The van der Waals surface area contributed by atoms with Gasteiger partial charge in [-0.3, -0.25) is 4.79 Å². The SMILES string of the molecule is CC(C)C1c2[nH]c3cc(Cl)ccc3c2CCN1C(=O)C1CCC(CNC(=O)OC(C)(C)C)CC1. The van der Waals surface area contributed by atoms with Crippen LogP contribution in [0.3, 0.4) is 0 Å². The minimum Gasteiger partial charge on any atom is -0.444 e. The van der Waals surface area contributed by atoms with E-state index >= 15 is 0 Å². The van der Waals surface area contributed by atoms with Crippen LogP contribution in [0.15, 0.2) is 18.2 Å². The maximum absolute atomic E-state index is 13.7. The first-order valence-corrected chi connectivity index (χ1v) is 13.0. The quantitative estimate of drug-likeness (QED) is 0.536. The fraction of sp³-hybridized carbons (Fsp3) is 0.630. The summed E-state index contributed by atoms with van der Waals surface area (Å²) in [6.07, 6.45) is 4.13. The number of hydrogen-bond acceptors (Lipinski definition) is 3. The number of H-pyrrole nitrogens is 1. The van der Waals surface area contributed by atoms with Crippen LogP contribution in [-0.2, 0) is 16.0 Å². The lowest BCUT2D eigenvalue weighted by molar-refractivity contribution is -0.141. The molecule has 1 saturated carbocycles. The fourth-order valence-corrected chi connectivity index (χ4v) is 5.80. The molecule has 6 nitrogen and oxygen atoms in total. The molecule has 1 fully saturated rings. The minimum atomic E-state index is -0.493. The van der Waals surface area contributed by atoms with Crippen molar-refractivity contribution in [3.63, 3.8) is 0 Å². The van der Waals surface area contributed by atoms with Gasteiger partial charge in [0.25, 0.3) is 0 Å². The number of ether oxygens (including phenoxy) is 1. The molecule has 4 rings (SSSR count). The van der Waals surface area contributed by atoms with Crippen LogP contribution < -0.4 is 5.32 Å². The first-order valence-electron chi connectivity index (χ1n) is 12.6. The van der Waals surface area contributed by atoms with Crippen molar-refractivity contribution in [1.82, 2.24) is 15.2 Å². The van der Waals surface area contributed by atoms with E-state index in [9.17, 15) is 9.59 Å². The predicted octanol–water partition coefficient (Wildman–Crippen LogP) is 6.23. The van der Waals surface area contributed by atoms with Gasteiger partial charge in [0.05, 0.1) is 6.04 Å². The van der Waals surface area contributed by atoms with E-state index in [0.29, 0.717) is 18.4 Å². The zero-order chi connectivity index (χ0) is 24.6. The highest BCUT2D eigenvalue weighted by Crippen LogP contribution is 2.41. The number of carbonyl (C=O) groups excluding carboxylic acids is 2. The van der Waals surface area contributed by atoms with Gasteiger partial charge in [-0.05, 0) is 82.4 Å². The van der Waals surface area contributed by atoms with Gasteiger partial charge < -0.3 is 19.9 Å². The molecule has 1 aliphatic heterocycles. The maximum Gasteiger partial charge on any atom is 0.407 e. The van der Waals surface area contributed by atoms with Gasteiger partial charge in [0, 0.05) is 40.6 Å². The van der Waals surface area contributed by atoms with Crippen LogP contribution in [0.4, 0.5) is 4.79 Å². The zero-order valence-electron chi connectivity index (χ0n) is 21.0. The van der Waals surface area contributed by atoms with E-state index in [-0.39, 0.29) is 24.0 Å². The highest BCUT2D eigenvalue weighted by atomic mass is 35.5. The molecule has 1 aromatic carbocycles. The smallest absolute Gasteiger partial charge is 0.407 e. The van der Waals surface area contributed by atoms with Gasteiger partial charge in [0.2, 0.25) is 5.91 Å². The standard InChI is InChI=1S/C27H38ClN3O3/c1-16(2)24-23-21(20-11-10-19(28)14-22(20)30-23)12-13-31(24)25(32)18-8-6-17(7-9-18)15-29-26(33)34-27(3,4)5/h10-11,14,16-18,24,30H,6-9,12-13,15H2,1-5H3,(H,29,33). The summed E-state index contributed by atoms with van der Waals surface area (Å²) in [7, 11) is 0. The average Bonchev–Trinajstić information content (AvgIpc) is 3.12. The zero-order valence-corrected chi connectivity index (χ0v) is 21.8. The Morgan fingerprint density at radius 1 is 1.21 bits per heavy atom. The fourth-order valence-electron chi connectivity index (χ4n) is 5.63. The van der Waals surface area contributed by atoms with Crippen molar-refractivity contribution in [2.45, 2.75) is 78.4 Å². The third-order valence-electron chi connectivity index (χ3n) is 7.18. The van der Waals surface area contributed by atoms with Crippen LogP contribution in [-0.4, -0.2) is 40.6 Å². The van der Waals surface area contributed by atoms with E-state index in [4.69, 9.17) is 16.3 Å². The summed E-state index contributed by atoms with van der Waals surface area (Å²) in [6.45, 7) is 11.3. The number of benzene rings is 1. The van der Waals surface area contributed by atoms with Crippen LogP contribution in [0, 0.1) is 17.8 Å². The summed E-state index contributed by atoms with van der Waals surface area (Å²) in [4.78, 5) is 31.4. The Balaban J connectivity index is 1.40. The lowest BCUT2D eigenvalue weighted by Crippen LogP contribution is -2.46. The van der Waals surface area contributed by atoms with Crippen molar-refractivity contribution in [1.29, 1.82) is 0 Å². The number of amides is 2. The Kier molecular flexibility index (Phi) is 7.18. The topological polar surface area (TPSA) is 74.4 Å². The van der Waals surface area contributed by atoms with E-state index in [2.05, 4.69) is 35.1 Å². The molecule has 2 aliphatic rings. The number of halogens is 1. The second kappa shape index (κ2) is 9.80. The number of alkyl carbamates (subject to hydrolysis) is 1. The summed E-state index contributed by atoms with van der Waals surface area (Å²) in [6, 6.07) is 6.06. The van der Waals surface area contributed by atoms with Crippen LogP contribution in [0.1, 0.15) is 77.6 Å². The van der Waals surface area contributed by atoms with Crippen LogP contribution in [0.25, 0.3) is 10.9 Å². The molecule has 2 heterocycles. The number of carbonyl (C=O) groups is 2. The molecule has 2 aromatic rings. The second-order valence-electron chi connectivity index (χ2n) is 11.3. The van der Waals surface area contributed by atoms with Crippen molar-refractivity contribution < 1.29 is 14.3 Å². The van der Waals surface area contributed by atoms with Crippen molar-refractivity contribution in [2.75, 3.05) is 13.1 Å². The summed E-state index contributed by atoms with van der Waals surface area (Å²) >= 11 is 6.23. The Labute approximate surface area is 207 Å². The summed E-state index contributed by atoms with van der Waals surface area (Å²) < 4.78 is 5.34. The van der Waals surface area contributed by atoms with Gasteiger partial charge in [0.15, 0.2) is 0 Å². The molecule has 2 amide bonds. The van der Waals surface area contributed by atoms with Gasteiger partial charge in [-0.1, -0.05) is 31.5 Å². The van der Waals surface area contributed by atoms with E-state index in [1.54, 1.807) is 0 Å². The van der Waals surface area contributed by atoms with Gasteiger partial charge >= 0.3 is 6.09 Å². The Morgan fingerprint density at radius 2 is 1.91 bits per heavy atom. The van der Waals surface area contributed by atoms with Gasteiger partial charge in [0.1, 0.15) is 5.60 Å². The van der Waals surface area contributed by atoms with E-state index in [0.717, 1.165) is 49.2 Å². The summed E-state index contributed by atoms with van der Waals surface area (Å²) in [5, 5.41) is 4.83. The lowest BCUT2D eigenvalue weighted by atomic mass is 9.80. The third-order valence-corrected chi connectivity index (χ3v) is 7.42. The summed E-state index contributed by atoms with van der Waals surface area (Å²) in [5.41, 5.74) is 3.05. The number of aromatic nitrogens is 1. The molecule has 1 aliphatic carbocycles. The van der Waals surface area contributed by atoms with E-state index < -0.39 is 5.60 Å². The molecule has 1 aromatic heterocycles. The Morgan fingerprint density at radius 3 is 2.56 bits per heavy atom. The van der Waals surface area contributed by atoms with E-state index in [1.165, 1.54) is 16.6 Å². The monoisotopic (exact) mass is 487 g/mol. The summed E-state index contributed by atoms with van der Waals surface area (Å²) in [5.74, 6) is 1.03. The highest BCUT2D eigenvalue weighted by molar-refractivity contribution is 6.31. The highest BCUT2D eigenvalue weighted by Gasteiger charge is 2.38. The van der Waals surface area contributed by atoms with E-state index in [1.807, 2.05) is 32.9 Å². The van der Waals surface area contributed by atoms with Crippen molar-refractivity contribution in [3.05, 3.63) is 34.5 Å². The number of rotatable bonds is 4. The number of fused-ring (bicyclic) bond motifs is 3. The van der Waals surface area contributed by atoms with Crippen LogP contribution >= 0.6 is 11.6 Å². The maximum atomic E-state index is 13.7. The Bertz CT molecular complexity index is 1050. The number of nitrogens with one attached hydrogen (secondary N) is 2. The molecule has 0 bridgehead atoms. The molecule has 0 spiro atoms. The molecule has 0 saturated heterocycles. The Hall–Kier alpha value is -2.21. The lowest BCUT2D eigenvalue weighted by Gasteiger charge is -2.41. The number of nitrogens with zero attached hydrogens (tertiary/aromatic N) is 1. The third kappa shape index (κ3) is 5.37. The molecule has 34 heavy (non-hydrogen) atoms.